The van der Waals surface area contributed by atoms with Gasteiger partial charge in [0.05, 0.1) is 16.5 Å². The van der Waals surface area contributed by atoms with Crippen molar-refractivity contribution >= 4 is 28.5 Å². The first kappa shape index (κ1) is 22.7. The fourth-order valence-electron chi connectivity index (χ4n) is 4.01. The highest BCUT2D eigenvalue weighted by Crippen LogP contribution is 2.23. The van der Waals surface area contributed by atoms with Gasteiger partial charge in [0.1, 0.15) is 5.82 Å². The van der Waals surface area contributed by atoms with Crippen molar-refractivity contribution in [3.8, 4) is 0 Å². The van der Waals surface area contributed by atoms with Gasteiger partial charge in [-0.2, -0.15) is 0 Å². The summed E-state index contributed by atoms with van der Waals surface area (Å²) in [6.07, 6.45) is 3.78. The molecule has 0 atom stereocenters. The van der Waals surface area contributed by atoms with Gasteiger partial charge in [-0.3, -0.25) is 14.2 Å². The van der Waals surface area contributed by atoms with Gasteiger partial charge in [0.25, 0.3) is 11.5 Å². The fourth-order valence-corrected chi connectivity index (χ4v) is 4.01. The molecule has 2 aromatic carbocycles. The minimum absolute atomic E-state index is 0.0246. The number of anilines is 1. The molecule has 7 heteroatoms. The molecule has 1 aliphatic heterocycles. The lowest BCUT2D eigenvalue weighted by Crippen LogP contribution is -2.25. The number of esters is 1. The summed E-state index contributed by atoms with van der Waals surface area (Å²) in [7, 11) is 0. The average molecular weight is 448 g/mol. The number of aromatic nitrogens is 2. The van der Waals surface area contributed by atoms with Crippen LogP contribution >= 0.6 is 0 Å². The molecule has 0 unspecified atom stereocenters. The SMILES string of the molecule is CC(C)(C)c1ccc(NC(=O)COC(=O)c2ccc3c(=O)n4c(nc3c2)CCCCC4)cc1. The number of aryl methyl sites for hydroxylation is 1. The number of amides is 1. The van der Waals surface area contributed by atoms with Gasteiger partial charge in [0.15, 0.2) is 6.61 Å². The van der Waals surface area contributed by atoms with Crippen LogP contribution in [0.25, 0.3) is 10.9 Å². The van der Waals surface area contributed by atoms with Crippen LogP contribution in [0.1, 0.15) is 61.8 Å². The van der Waals surface area contributed by atoms with E-state index in [1.807, 2.05) is 24.3 Å². The van der Waals surface area contributed by atoms with Gasteiger partial charge < -0.3 is 10.1 Å². The number of rotatable bonds is 4. The predicted octanol–water partition coefficient (Wildman–Crippen LogP) is 4.22. The van der Waals surface area contributed by atoms with Crippen molar-refractivity contribution in [2.45, 2.75) is 58.4 Å². The number of hydrogen-bond acceptors (Lipinski definition) is 5. The molecule has 0 saturated heterocycles. The highest BCUT2D eigenvalue weighted by molar-refractivity contribution is 5.97. The standard InChI is InChI=1S/C26H29N3O4/c1-26(2,3)18-9-11-19(12-10-18)27-23(30)16-33-25(32)17-8-13-20-21(15-17)28-22-7-5-4-6-14-29(22)24(20)31/h8-13,15H,4-7,14,16H2,1-3H3,(H,27,30). The zero-order chi connectivity index (χ0) is 23.6. The molecule has 1 aliphatic rings. The lowest BCUT2D eigenvalue weighted by atomic mass is 9.87. The highest BCUT2D eigenvalue weighted by atomic mass is 16.5. The summed E-state index contributed by atoms with van der Waals surface area (Å²) < 4.78 is 6.93. The van der Waals surface area contributed by atoms with E-state index in [-0.39, 0.29) is 16.5 Å². The number of fused-ring (bicyclic) bond motifs is 2. The Labute approximate surface area is 192 Å². The van der Waals surface area contributed by atoms with Crippen LogP contribution in [0.3, 0.4) is 0 Å². The van der Waals surface area contributed by atoms with Crippen molar-refractivity contribution in [2.75, 3.05) is 11.9 Å². The Morgan fingerprint density at radius 1 is 1.06 bits per heavy atom. The summed E-state index contributed by atoms with van der Waals surface area (Å²) in [6.45, 7) is 6.63. The van der Waals surface area contributed by atoms with Crippen molar-refractivity contribution in [3.05, 3.63) is 69.8 Å². The van der Waals surface area contributed by atoms with E-state index in [4.69, 9.17) is 4.74 Å². The summed E-state index contributed by atoms with van der Waals surface area (Å²) in [5.74, 6) is -0.298. The molecule has 0 radical (unpaired) electrons. The maximum atomic E-state index is 12.8. The number of hydrogen-bond donors (Lipinski definition) is 1. The average Bonchev–Trinajstić information content (AvgIpc) is 3.03. The first-order valence-corrected chi connectivity index (χ1v) is 11.3. The molecular formula is C26H29N3O4. The number of nitrogens with zero attached hydrogens (tertiary/aromatic N) is 2. The molecule has 0 bridgehead atoms. The number of ether oxygens (including phenoxy) is 1. The third-order valence-electron chi connectivity index (χ3n) is 5.92. The lowest BCUT2D eigenvalue weighted by Gasteiger charge is -2.19. The third-order valence-corrected chi connectivity index (χ3v) is 5.92. The normalized spacial score (nSPS) is 13.8. The molecule has 172 valence electrons. The second kappa shape index (κ2) is 9.17. The van der Waals surface area contributed by atoms with E-state index < -0.39 is 18.5 Å². The van der Waals surface area contributed by atoms with E-state index in [0.29, 0.717) is 23.1 Å². The molecule has 0 aliphatic carbocycles. The first-order chi connectivity index (χ1) is 15.7. The van der Waals surface area contributed by atoms with Crippen molar-refractivity contribution in [1.29, 1.82) is 0 Å². The molecule has 0 fully saturated rings. The Hall–Kier alpha value is -3.48. The zero-order valence-corrected chi connectivity index (χ0v) is 19.3. The number of carbonyl (C=O) groups is 2. The van der Waals surface area contributed by atoms with Crippen molar-refractivity contribution in [1.82, 2.24) is 9.55 Å². The van der Waals surface area contributed by atoms with Crippen molar-refractivity contribution in [3.63, 3.8) is 0 Å². The van der Waals surface area contributed by atoms with E-state index in [1.54, 1.807) is 22.8 Å². The molecule has 1 aromatic heterocycles. The minimum Gasteiger partial charge on any atom is -0.452 e. The summed E-state index contributed by atoms with van der Waals surface area (Å²) in [4.78, 5) is 42.2. The molecule has 7 nitrogen and oxygen atoms in total. The summed E-state index contributed by atoms with van der Waals surface area (Å²) in [5.41, 5.74) is 2.49. The minimum atomic E-state index is -0.632. The van der Waals surface area contributed by atoms with Crippen LogP contribution in [0.4, 0.5) is 5.69 Å². The van der Waals surface area contributed by atoms with Gasteiger partial charge >= 0.3 is 5.97 Å². The van der Waals surface area contributed by atoms with Gasteiger partial charge in [-0.15, -0.1) is 0 Å². The first-order valence-electron chi connectivity index (χ1n) is 11.3. The number of nitrogens with one attached hydrogen (secondary N) is 1. The Kier molecular flexibility index (Phi) is 6.31. The summed E-state index contributed by atoms with van der Waals surface area (Å²) >= 11 is 0. The van der Waals surface area contributed by atoms with Gasteiger partial charge in [0.2, 0.25) is 0 Å². The van der Waals surface area contributed by atoms with E-state index in [9.17, 15) is 14.4 Å². The Bertz CT molecular complexity index is 1250. The van der Waals surface area contributed by atoms with Crippen molar-refractivity contribution < 1.29 is 14.3 Å². The monoisotopic (exact) mass is 447 g/mol. The topological polar surface area (TPSA) is 90.3 Å². The van der Waals surface area contributed by atoms with Gasteiger partial charge in [-0.25, -0.2) is 9.78 Å². The van der Waals surface area contributed by atoms with Crippen LogP contribution in [0, 0.1) is 0 Å². The largest absolute Gasteiger partial charge is 0.452 e. The molecule has 33 heavy (non-hydrogen) atoms. The van der Waals surface area contributed by atoms with Crippen molar-refractivity contribution in [2.24, 2.45) is 0 Å². The molecule has 4 rings (SSSR count). The van der Waals surface area contributed by atoms with Crippen LogP contribution in [0.2, 0.25) is 0 Å². The maximum absolute atomic E-state index is 12.8. The summed E-state index contributed by atoms with van der Waals surface area (Å²) in [5, 5.41) is 3.21. The van der Waals surface area contributed by atoms with Gasteiger partial charge in [-0.1, -0.05) is 39.3 Å². The predicted molar refractivity (Wildman–Crippen MR) is 128 cm³/mol. The van der Waals surface area contributed by atoms with Crippen LogP contribution < -0.4 is 10.9 Å². The summed E-state index contributed by atoms with van der Waals surface area (Å²) in [6, 6.07) is 12.3. The Balaban J connectivity index is 1.42. The van der Waals surface area contributed by atoms with E-state index in [1.165, 1.54) is 0 Å². The molecule has 1 N–H and O–H groups in total. The van der Waals surface area contributed by atoms with Crippen LogP contribution in [-0.2, 0) is 27.9 Å². The van der Waals surface area contributed by atoms with E-state index in [0.717, 1.165) is 37.1 Å². The zero-order valence-electron chi connectivity index (χ0n) is 19.3. The van der Waals surface area contributed by atoms with Crippen LogP contribution in [0.15, 0.2) is 47.3 Å². The Morgan fingerprint density at radius 2 is 1.82 bits per heavy atom. The van der Waals surface area contributed by atoms with Gasteiger partial charge in [0, 0.05) is 18.7 Å². The van der Waals surface area contributed by atoms with Crippen LogP contribution in [-0.4, -0.2) is 28.0 Å². The quantitative estimate of drug-likeness (QED) is 0.605. The second-order valence-corrected chi connectivity index (χ2v) is 9.48. The molecule has 1 amide bonds. The van der Waals surface area contributed by atoms with E-state index in [2.05, 4.69) is 31.1 Å². The molecule has 3 aromatic rings. The lowest BCUT2D eigenvalue weighted by molar-refractivity contribution is -0.119. The number of benzene rings is 2. The van der Waals surface area contributed by atoms with Gasteiger partial charge in [-0.05, 0) is 54.2 Å². The molecule has 0 spiro atoms. The van der Waals surface area contributed by atoms with Crippen LogP contribution in [0.5, 0.6) is 0 Å². The second-order valence-electron chi connectivity index (χ2n) is 9.48. The molecular weight excluding hydrogens is 418 g/mol. The third kappa shape index (κ3) is 5.13. The molecule has 2 heterocycles. The smallest absolute Gasteiger partial charge is 0.338 e. The Morgan fingerprint density at radius 3 is 2.55 bits per heavy atom. The fraction of sp³-hybridized carbons (Fsp3) is 0.385. The highest BCUT2D eigenvalue weighted by Gasteiger charge is 2.17. The number of carbonyl (C=O) groups excluding carboxylic acids is 2. The maximum Gasteiger partial charge on any atom is 0.338 e. The molecule has 0 saturated carbocycles. The van der Waals surface area contributed by atoms with E-state index >= 15 is 0 Å².